The van der Waals surface area contributed by atoms with E-state index < -0.39 is 0 Å². The number of aromatic amines is 1. The molecule has 128 valence electrons. The Balaban J connectivity index is 1.53. The lowest BCUT2D eigenvalue weighted by Gasteiger charge is -2.40. The Labute approximate surface area is 144 Å². The fourth-order valence-electron chi connectivity index (χ4n) is 4.48. The van der Waals surface area contributed by atoms with Gasteiger partial charge in [0.25, 0.3) is 5.91 Å². The van der Waals surface area contributed by atoms with E-state index >= 15 is 0 Å². The molecule has 1 amide bonds. The van der Waals surface area contributed by atoms with E-state index in [2.05, 4.69) is 15.0 Å². The topological polar surface area (TPSA) is 87.0 Å². The maximum absolute atomic E-state index is 13.2. The predicted octanol–water partition coefficient (Wildman–Crippen LogP) is 1.55. The molecule has 25 heavy (non-hydrogen) atoms. The second-order valence-electron chi connectivity index (χ2n) is 7.11. The quantitative estimate of drug-likeness (QED) is 0.759. The molecule has 2 aliphatic heterocycles. The maximum atomic E-state index is 13.2. The number of carbonyl (C=O) groups is 1. The van der Waals surface area contributed by atoms with Gasteiger partial charge in [0.15, 0.2) is 0 Å². The van der Waals surface area contributed by atoms with Gasteiger partial charge in [0.05, 0.1) is 11.0 Å². The molecule has 1 saturated carbocycles. The van der Waals surface area contributed by atoms with Gasteiger partial charge >= 0.3 is 0 Å². The molecule has 0 spiro atoms. The Kier molecular flexibility index (Phi) is 2.88. The molecule has 3 aliphatic rings. The van der Waals surface area contributed by atoms with Crippen molar-refractivity contribution in [2.24, 2.45) is 13.0 Å². The molecule has 2 saturated heterocycles. The lowest BCUT2D eigenvalue weighted by atomic mass is 9.72. The summed E-state index contributed by atoms with van der Waals surface area (Å²) in [6.07, 6.45) is 5.52. The Morgan fingerprint density at radius 3 is 3.00 bits per heavy atom. The second-order valence-corrected chi connectivity index (χ2v) is 7.11. The molecule has 3 fully saturated rings. The summed E-state index contributed by atoms with van der Waals surface area (Å²) < 4.78 is 1.85. The van der Waals surface area contributed by atoms with Crippen LogP contribution in [0.4, 0.5) is 0 Å². The van der Waals surface area contributed by atoms with Gasteiger partial charge in [-0.1, -0.05) is 0 Å². The summed E-state index contributed by atoms with van der Waals surface area (Å²) in [5.74, 6) is 2.06. The zero-order valence-electron chi connectivity index (χ0n) is 13.9. The first-order valence-electron chi connectivity index (χ1n) is 8.50. The zero-order chi connectivity index (χ0) is 17.2. The molecule has 2 aromatic heterocycles. The number of aliphatic hydroxyl groups excluding tert-OH is 1. The Bertz CT molecular complexity index is 969. The molecule has 7 nitrogen and oxygen atoms in total. The highest BCUT2D eigenvalue weighted by molar-refractivity contribution is 5.98. The van der Waals surface area contributed by atoms with Gasteiger partial charge in [0.1, 0.15) is 23.8 Å². The molecular formula is C18H19N5O2. The van der Waals surface area contributed by atoms with Crippen molar-refractivity contribution in [1.82, 2.24) is 24.4 Å². The largest absolute Gasteiger partial charge is 0.388 e. The zero-order valence-corrected chi connectivity index (χ0v) is 13.9. The molecule has 3 aromatic rings. The molecule has 2 N–H and O–H groups in total. The van der Waals surface area contributed by atoms with Gasteiger partial charge in [0.2, 0.25) is 0 Å². The molecule has 0 unspecified atom stereocenters. The van der Waals surface area contributed by atoms with Crippen molar-refractivity contribution in [3.63, 3.8) is 0 Å². The van der Waals surface area contributed by atoms with Crippen LogP contribution in [0, 0.1) is 5.92 Å². The predicted molar refractivity (Wildman–Crippen MR) is 90.7 cm³/mol. The average molecular weight is 337 g/mol. The second kappa shape index (κ2) is 4.92. The van der Waals surface area contributed by atoms with Gasteiger partial charge in [-0.2, -0.15) is 0 Å². The van der Waals surface area contributed by atoms with Gasteiger partial charge < -0.3 is 19.6 Å². The molecule has 7 heteroatoms. The number of fused-ring (bicyclic) bond motifs is 2. The normalized spacial score (nSPS) is 24.7. The van der Waals surface area contributed by atoms with Crippen LogP contribution in [-0.2, 0) is 19.2 Å². The lowest BCUT2D eigenvalue weighted by Crippen LogP contribution is -2.46. The molecule has 4 heterocycles. The Morgan fingerprint density at radius 1 is 1.44 bits per heavy atom. The number of nitrogens with zero attached hydrogens (tertiary/aromatic N) is 4. The minimum atomic E-state index is -0.277. The van der Waals surface area contributed by atoms with E-state index in [0.29, 0.717) is 17.3 Å². The van der Waals surface area contributed by atoms with Crippen LogP contribution in [0.1, 0.15) is 34.8 Å². The standard InChI is InChI=1S/C18H19N5O2/c1-22-14-3-2-12(6-13(14)21-15(22)10-24)16(25)23-9-11-7-18(23,8-11)17-19-4-5-20-17/h2-6,11,24H,7-10H2,1H3,(H,19,20). The summed E-state index contributed by atoms with van der Waals surface area (Å²) in [7, 11) is 1.86. The first-order valence-corrected chi connectivity index (χ1v) is 8.50. The van der Waals surface area contributed by atoms with Crippen molar-refractivity contribution >= 4 is 16.9 Å². The summed E-state index contributed by atoms with van der Waals surface area (Å²) in [5, 5.41) is 9.38. The molecule has 0 radical (unpaired) electrons. The number of aliphatic hydroxyl groups is 1. The van der Waals surface area contributed by atoms with E-state index in [-0.39, 0.29) is 18.1 Å². The molecule has 2 bridgehead atoms. The summed E-state index contributed by atoms with van der Waals surface area (Å²) in [6.45, 7) is 0.658. The number of aryl methyl sites for hydroxylation is 1. The third-order valence-electron chi connectivity index (χ3n) is 5.76. The number of carbonyl (C=O) groups excluding carboxylic acids is 1. The molecular weight excluding hydrogens is 318 g/mol. The van der Waals surface area contributed by atoms with E-state index in [1.807, 2.05) is 40.9 Å². The highest BCUT2D eigenvalue weighted by atomic mass is 16.3. The van der Waals surface area contributed by atoms with Crippen LogP contribution < -0.4 is 0 Å². The summed E-state index contributed by atoms with van der Waals surface area (Å²) in [6, 6.07) is 5.57. The van der Waals surface area contributed by atoms with Crippen molar-refractivity contribution in [3.05, 3.63) is 47.8 Å². The maximum Gasteiger partial charge on any atom is 0.254 e. The van der Waals surface area contributed by atoms with Crippen molar-refractivity contribution in [1.29, 1.82) is 0 Å². The van der Waals surface area contributed by atoms with Gasteiger partial charge in [0, 0.05) is 31.5 Å². The highest BCUT2D eigenvalue weighted by Gasteiger charge is 2.60. The first-order chi connectivity index (χ1) is 12.1. The van der Waals surface area contributed by atoms with Gasteiger partial charge in [-0.3, -0.25) is 4.79 Å². The van der Waals surface area contributed by atoms with Gasteiger partial charge in [-0.15, -0.1) is 0 Å². The van der Waals surface area contributed by atoms with Gasteiger partial charge in [-0.05, 0) is 37.0 Å². The molecule has 1 aliphatic carbocycles. The van der Waals surface area contributed by atoms with E-state index in [0.717, 1.165) is 36.2 Å². The number of aromatic nitrogens is 4. The number of nitrogens with one attached hydrogen (secondary N) is 1. The molecule has 0 atom stereocenters. The highest BCUT2D eigenvalue weighted by Crippen LogP contribution is 2.56. The minimum absolute atomic E-state index is 0.0227. The van der Waals surface area contributed by atoms with Crippen LogP contribution in [0.15, 0.2) is 30.6 Å². The fourth-order valence-corrected chi connectivity index (χ4v) is 4.48. The van der Waals surface area contributed by atoms with Crippen LogP contribution in [0.25, 0.3) is 11.0 Å². The van der Waals surface area contributed by atoms with E-state index in [1.165, 1.54) is 0 Å². The number of benzene rings is 1. The minimum Gasteiger partial charge on any atom is -0.388 e. The van der Waals surface area contributed by atoms with Crippen LogP contribution in [0.3, 0.4) is 0 Å². The Hall–Kier alpha value is -2.67. The number of hydrogen-bond donors (Lipinski definition) is 2. The van der Waals surface area contributed by atoms with Crippen molar-refractivity contribution in [2.75, 3.05) is 6.54 Å². The lowest BCUT2D eigenvalue weighted by molar-refractivity contribution is 0.0528. The number of imidazole rings is 2. The van der Waals surface area contributed by atoms with E-state index in [4.69, 9.17) is 0 Å². The smallest absolute Gasteiger partial charge is 0.254 e. The van der Waals surface area contributed by atoms with Crippen molar-refractivity contribution in [2.45, 2.75) is 25.0 Å². The summed E-state index contributed by atoms with van der Waals surface area (Å²) >= 11 is 0. The number of hydrogen-bond acceptors (Lipinski definition) is 4. The van der Waals surface area contributed by atoms with E-state index in [9.17, 15) is 9.90 Å². The van der Waals surface area contributed by atoms with Crippen LogP contribution >= 0.6 is 0 Å². The number of rotatable bonds is 3. The first kappa shape index (κ1) is 14.7. The molecule has 1 aromatic carbocycles. The monoisotopic (exact) mass is 337 g/mol. The summed E-state index contributed by atoms with van der Waals surface area (Å²) in [5.41, 5.74) is 2.00. The van der Waals surface area contributed by atoms with Gasteiger partial charge in [-0.25, -0.2) is 9.97 Å². The molecule has 6 rings (SSSR count). The number of H-pyrrole nitrogens is 1. The van der Waals surface area contributed by atoms with Crippen LogP contribution in [-0.4, -0.2) is 42.0 Å². The summed E-state index contributed by atoms with van der Waals surface area (Å²) in [4.78, 5) is 27.2. The Morgan fingerprint density at radius 2 is 2.28 bits per heavy atom. The fraction of sp³-hybridized carbons (Fsp3) is 0.389. The number of amides is 1. The SMILES string of the molecule is Cn1c(CO)nc2cc(C(=O)N3CC4CC3(c3ncc[nH]3)C4)ccc21. The third kappa shape index (κ3) is 1.87. The van der Waals surface area contributed by atoms with Crippen LogP contribution in [0.2, 0.25) is 0 Å². The third-order valence-corrected chi connectivity index (χ3v) is 5.76. The van der Waals surface area contributed by atoms with E-state index in [1.54, 1.807) is 6.20 Å². The van der Waals surface area contributed by atoms with Crippen LogP contribution in [0.5, 0.6) is 0 Å². The average Bonchev–Trinajstić information content (AvgIpc) is 3.34. The van der Waals surface area contributed by atoms with Crippen molar-refractivity contribution in [3.8, 4) is 0 Å². The van der Waals surface area contributed by atoms with Crippen molar-refractivity contribution < 1.29 is 9.90 Å².